The first-order valence-electron chi connectivity index (χ1n) is 6.83. The highest BCUT2D eigenvalue weighted by Crippen LogP contribution is 2.23. The first-order chi connectivity index (χ1) is 9.11. The topological polar surface area (TPSA) is 32.3 Å². The quantitative estimate of drug-likeness (QED) is 0.929. The van der Waals surface area contributed by atoms with Crippen LogP contribution in [0.15, 0.2) is 24.3 Å². The van der Waals surface area contributed by atoms with Gasteiger partial charge in [0, 0.05) is 24.2 Å². The van der Waals surface area contributed by atoms with Crippen LogP contribution in [-0.2, 0) is 4.79 Å². The summed E-state index contributed by atoms with van der Waals surface area (Å²) in [4.78, 5) is 14.5. The van der Waals surface area contributed by atoms with Gasteiger partial charge in [-0.05, 0) is 44.5 Å². The first-order valence-corrected chi connectivity index (χ1v) is 7.21. The molecule has 1 aromatic carbocycles. The van der Waals surface area contributed by atoms with E-state index in [0.717, 1.165) is 31.5 Å². The van der Waals surface area contributed by atoms with Crippen LogP contribution in [0.4, 0.5) is 0 Å². The zero-order valence-electron chi connectivity index (χ0n) is 11.9. The Morgan fingerprint density at radius 1 is 1.50 bits per heavy atom. The lowest BCUT2D eigenvalue weighted by Crippen LogP contribution is -2.48. The SMILES string of the molecule is CNC1CCCN(C(=O)C(C)c2cccc(Cl)c2)C1.Cl. The number of halogens is 2. The second kappa shape index (κ2) is 7.87. The Morgan fingerprint density at radius 3 is 2.90 bits per heavy atom. The Balaban J connectivity index is 0.00000200. The molecule has 1 aliphatic rings. The van der Waals surface area contributed by atoms with Crippen molar-refractivity contribution in [1.82, 2.24) is 10.2 Å². The number of hydrogen-bond acceptors (Lipinski definition) is 2. The Labute approximate surface area is 132 Å². The minimum Gasteiger partial charge on any atom is -0.341 e. The zero-order valence-corrected chi connectivity index (χ0v) is 13.5. The predicted molar refractivity (Wildman–Crippen MR) is 85.8 cm³/mol. The van der Waals surface area contributed by atoms with E-state index >= 15 is 0 Å². The first kappa shape index (κ1) is 17.3. The number of benzene rings is 1. The van der Waals surface area contributed by atoms with Crippen LogP contribution in [0.3, 0.4) is 0 Å². The summed E-state index contributed by atoms with van der Waals surface area (Å²) >= 11 is 5.99. The van der Waals surface area contributed by atoms with E-state index in [1.165, 1.54) is 0 Å². The van der Waals surface area contributed by atoms with Crippen LogP contribution in [-0.4, -0.2) is 37.0 Å². The molecular formula is C15H22Cl2N2O. The number of carbonyl (C=O) groups excluding carboxylic acids is 1. The average molecular weight is 317 g/mol. The molecule has 1 fully saturated rings. The van der Waals surface area contributed by atoms with Gasteiger partial charge in [-0.1, -0.05) is 23.7 Å². The molecule has 0 aromatic heterocycles. The average Bonchev–Trinajstić information content (AvgIpc) is 2.45. The summed E-state index contributed by atoms with van der Waals surface area (Å²) in [6.45, 7) is 3.62. The number of likely N-dealkylation sites (N-methyl/N-ethyl adjacent to an activating group) is 1. The van der Waals surface area contributed by atoms with Crippen molar-refractivity contribution in [2.75, 3.05) is 20.1 Å². The highest BCUT2D eigenvalue weighted by atomic mass is 35.5. The van der Waals surface area contributed by atoms with E-state index < -0.39 is 0 Å². The van der Waals surface area contributed by atoms with Gasteiger partial charge in [0.05, 0.1) is 5.92 Å². The van der Waals surface area contributed by atoms with Gasteiger partial charge in [-0.25, -0.2) is 0 Å². The van der Waals surface area contributed by atoms with Crippen molar-refractivity contribution < 1.29 is 4.79 Å². The van der Waals surface area contributed by atoms with Gasteiger partial charge in [-0.2, -0.15) is 0 Å². The van der Waals surface area contributed by atoms with Crippen molar-refractivity contribution in [1.29, 1.82) is 0 Å². The van der Waals surface area contributed by atoms with E-state index in [2.05, 4.69) is 5.32 Å². The predicted octanol–water partition coefficient (Wildman–Crippen LogP) is 3.08. The van der Waals surface area contributed by atoms with Gasteiger partial charge in [-0.15, -0.1) is 12.4 Å². The van der Waals surface area contributed by atoms with Gasteiger partial charge >= 0.3 is 0 Å². The van der Waals surface area contributed by atoms with Crippen molar-refractivity contribution in [2.24, 2.45) is 0 Å². The lowest BCUT2D eigenvalue weighted by atomic mass is 9.97. The van der Waals surface area contributed by atoms with Crippen LogP contribution in [0.1, 0.15) is 31.2 Å². The van der Waals surface area contributed by atoms with E-state index in [-0.39, 0.29) is 24.2 Å². The molecule has 0 spiro atoms. The second-order valence-corrected chi connectivity index (χ2v) is 5.63. The second-order valence-electron chi connectivity index (χ2n) is 5.19. The Kier molecular flexibility index (Phi) is 6.80. The van der Waals surface area contributed by atoms with E-state index in [4.69, 9.17) is 11.6 Å². The molecule has 1 heterocycles. The molecule has 1 aromatic rings. The van der Waals surface area contributed by atoms with Gasteiger partial charge in [-0.3, -0.25) is 4.79 Å². The van der Waals surface area contributed by atoms with Crippen molar-refractivity contribution in [2.45, 2.75) is 31.7 Å². The van der Waals surface area contributed by atoms with Crippen LogP contribution < -0.4 is 5.32 Å². The number of likely N-dealkylation sites (tertiary alicyclic amines) is 1. The van der Waals surface area contributed by atoms with E-state index in [0.29, 0.717) is 11.1 Å². The summed E-state index contributed by atoms with van der Waals surface area (Å²) < 4.78 is 0. The summed E-state index contributed by atoms with van der Waals surface area (Å²) in [6.07, 6.45) is 2.21. The zero-order chi connectivity index (χ0) is 13.8. The fourth-order valence-electron chi connectivity index (χ4n) is 2.61. The van der Waals surface area contributed by atoms with Gasteiger partial charge in [0.25, 0.3) is 0 Å². The summed E-state index contributed by atoms with van der Waals surface area (Å²) in [7, 11) is 1.96. The van der Waals surface area contributed by atoms with Gasteiger partial charge < -0.3 is 10.2 Å². The van der Waals surface area contributed by atoms with Crippen molar-refractivity contribution in [3.8, 4) is 0 Å². The Morgan fingerprint density at radius 2 is 2.25 bits per heavy atom. The smallest absolute Gasteiger partial charge is 0.229 e. The van der Waals surface area contributed by atoms with E-state index in [1.807, 2.05) is 43.1 Å². The number of nitrogens with one attached hydrogen (secondary N) is 1. The molecule has 20 heavy (non-hydrogen) atoms. The molecule has 112 valence electrons. The van der Waals surface area contributed by atoms with Crippen LogP contribution >= 0.6 is 24.0 Å². The summed E-state index contributed by atoms with van der Waals surface area (Å²) in [5.41, 5.74) is 0.990. The fourth-order valence-corrected chi connectivity index (χ4v) is 2.80. The van der Waals surface area contributed by atoms with Crippen molar-refractivity contribution >= 4 is 29.9 Å². The maximum absolute atomic E-state index is 12.5. The van der Waals surface area contributed by atoms with Gasteiger partial charge in [0.1, 0.15) is 0 Å². The highest BCUT2D eigenvalue weighted by molar-refractivity contribution is 6.30. The summed E-state index contributed by atoms with van der Waals surface area (Å²) in [5, 5.41) is 3.95. The van der Waals surface area contributed by atoms with Crippen LogP contribution in [0.2, 0.25) is 5.02 Å². The standard InChI is InChI=1S/C15H21ClN2O.ClH/c1-11(12-5-3-6-13(16)9-12)15(19)18-8-4-7-14(10-18)17-2;/h3,5-6,9,11,14,17H,4,7-8,10H2,1-2H3;1H. The molecule has 1 saturated heterocycles. The third-order valence-electron chi connectivity index (χ3n) is 3.86. The summed E-state index contributed by atoms with van der Waals surface area (Å²) in [5.74, 6) is 0.0662. The molecule has 1 amide bonds. The lowest BCUT2D eigenvalue weighted by Gasteiger charge is -2.34. The van der Waals surface area contributed by atoms with Crippen LogP contribution in [0, 0.1) is 0 Å². The molecule has 2 atom stereocenters. The Bertz CT molecular complexity index is 453. The molecule has 3 nitrogen and oxygen atoms in total. The van der Waals surface area contributed by atoms with Crippen molar-refractivity contribution in [3.63, 3.8) is 0 Å². The van der Waals surface area contributed by atoms with Gasteiger partial charge in [0.2, 0.25) is 5.91 Å². The third kappa shape index (κ3) is 4.11. The lowest BCUT2D eigenvalue weighted by molar-refractivity contribution is -0.133. The minimum atomic E-state index is -0.130. The van der Waals surface area contributed by atoms with Crippen LogP contribution in [0.25, 0.3) is 0 Å². The highest BCUT2D eigenvalue weighted by Gasteiger charge is 2.26. The van der Waals surface area contributed by atoms with Gasteiger partial charge in [0.15, 0.2) is 0 Å². The van der Waals surface area contributed by atoms with E-state index in [1.54, 1.807) is 0 Å². The molecule has 5 heteroatoms. The maximum Gasteiger partial charge on any atom is 0.229 e. The minimum absolute atomic E-state index is 0. The maximum atomic E-state index is 12.5. The molecule has 0 saturated carbocycles. The number of amides is 1. The number of piperidine rings is 1. The molecule has 2 rings (SSSR count). The normalized spacial score (nSPS) is 20.1. The van der Waals surface area contributed by atoms with Crippen LogP contribution in [0.5, 0.6) is 0 Å². The molecule has 0 aliphatic carbocycles. The molecular weight excluding hydrogens is 295 g/mol. The largest absolute Gasteiger partial charge is 0.341 e. The Hall–Kier alpha value is -0.770. The number of hydrogen-bond donors (Lipinski definition) is 1. The summed E-state index contributed by atoms with van der Waals surface area (Å²) in [6, 6.07) is 8.00. The third-order valence-corrected chi connectivity index (χ3v) is 4.10. The molecule has 2 unspecified atom stereocenters. The molecule has 0 bridgehead atoms. The number of carbonyl (C=O) groups is 1. The molecule has 1 aliphatic heterocycles. The number of rotatable bonds is 3. The monoisotopic (exact) mass is 316 g/mol. The van der Waals surface area contributed by atoms with E-state index in [9.17, 15) is 4.79 Å². The fraction of sp³-hybridized carbons (Fsp3) is 0.533. The molecule has 0 radical (unpaired) electrons. The number of nitrogens with zero attached hydrogens (tertiary/aromatic N) is 1. The van der Waals surface area contributed by atoms with Crippen molar-refractivity contribution in [3.05, 3.63) is 34.9 Å². The molecule has 1 N–H and O–H groups in total.